The summed E-state index contributed by atoms with van der Waals surface area (Å²) in [6.45, 7) is 3.50. The third-order valence-corrected chi connectivity index (χ3v) is 7.31. The first kappa shape index (κ1) is 21.5. The lowest BCUT2D eigenvalue weighted by Crippen LogP contribution is -2.49. The summed E-state index contributed by atoms with van der Waals surface area (Å²) in [6, 6.07) is 15.6. The molecule has 2 heterocycles. The smallest absolute Gasteiger partial charge is 0.325 e. The molecule has 2 aromatic carbocycles. The number of para-hydroxylation sites is 2. The molecule has 1 saturated carbocycles. The predicted octanol–water partition coefficient (Wildman–Crippen LogP) is 3.69. The zero-order valence-corrected chi connectivity index (χ0v) is 19.0. The van der Waals surface area contributed by atoms with Gasteiger partial charge >= 0.3 is 6.03 Å². The molecule has 7 nitrogen and oxygen atoms in total. The van der Waals surface area contributed by atoms with Crippen molar-refractivity contribution in [2.24, 2.45) is 5.92 Å². The Bertz CT molecular complexity index is 1090. The highest BCUT2D eigenvalue weighted by Gasteiger charge is 2.52. The van der Waals surface area contributed by atoms with Crippen molar-refractivity contribution in [3.05, 3.63) is 59.7 Å². The predicted molar refractivity (Wildman–Crippen MR) is 127 cm³/mol. The minimum Gasteiger partial charge on any atom is -0.367 e. The summed E-state index contributed by atoms with van der Waals surface area (Å²) in [5.74, 6) is -0.0812. The molecule has 2 N–H and O–H groups in total. The molecule has 4 amide bonds. The Morgan fingerprint density at radius 2 is 1.82 bits per heavy atom. The first-order valence-electron chi connectivity index (χ1n) is 11.8. The van der Waals surface area contributed by atoms with Gasteiger partial charge in [-0.2, -0.15) is 0 Å². The Kier molecular flexibility index (Phi) is 5.56. The zero-order chi connectivity index (χ0) is 23.0. The van der Waals surface area contributed by atoms with Crippen molar-refractivity contribution in [3.63, 3.8) is 0 Å². The van der Waals surface area contributed by atoms with Gasteiger partial charge in [0.25, 0.3) is 5.91 Å². The van der Waals surface area contributed by atoms with E-state index in [-0.39, 0.29) is 18.4 Å². The van der Waals surface area contributed by atoms with Crippen LogP contribution in [0.2, 0.25) is 0 Å². The number of fused-ring (bicyclic) bond motifs is 1. The second kappa shape index (κ2) is 8.54. The van der Waals surface area contributed by atoms with E-state index < -0.39 is 11.6 Å². The number of rotatable bonds is 5. The van der Waals surface area contributed by atoms with E-state index in [1.165, 1.54) is 11.3 Å². The number of imide groups is 1. The number of anilines is 2. The largest absolute Gasteiger partial charge is 0.367 e. The van der Waals surface area contributed by atoms with Crippen LogP contribution < -0.4 is 15.5 Å². The Morgan fingerprint density at radius 3 is 2.64 bits per heavy atom. The highest BCUT2D eigenvalue weighted by molar-refractivity contribution is 6.10. The van der Waals surface area contributed by atoms with Gasteiger partial charge in [-0.3, -0.25) is 14.5 Å². The molecule has 1 spiro atoms. The van der Waals surface area contributed by atoms with Crippen molar-refractivity contribution in [1.29, 1.82) is 0 Å². The maximum absolute atomic E-state index is 13.1. The number of benzene rings is 2. The summed E-state index contributed by atoms with van der Waals surface area (Å²) in [5.41, 5.74) is 3.44. The van der Waals surface area contributed by atoms with Crippen LogP contribution in [0.25, 0.3) is 0 Å². The minimum absolute atomic E-state index is 0.267. The van der Waals surface area contributed by atoms with Gasteiger partial charge in [0.1, 0.15) is 12.1 Å². The number of urea groups is 1. The molecule has 7 heteroatoms. The van der Waals surface area contributed by atoms with Crippen molar-refractivity contribution >= 4 is 29.2 Å². The number of nitrogens with one attached hydrogen (secondary N) is 2. The molecule has 0 bridgehead atoms. The second-order valence-electron chi connectivity index (χ2n) is 9.59. The molecule has 0 radical (unpaired) electrons. The van der Waals surface area contributed by atoms with Crippen LogP contribution in [0, 0.1) is 5.92 Å². The highest BCUT2D eigenvalue weighted by Crippen LogP contribution is 2.36. The van der Waals surface area contributed by atoms with Gasteiger partial charge in [0.2, 0.25) is 5.91 Å². The third kappa shape index (κ3) is 4.08. The fourth-order valence-electron chi connectivity index (χ4n) is 5.30. The van der Waals surface area contributed by atoms with Crippen molar-refractivity contribution in [2.75, 3.05) is 23.3 Å². The fraction of sp³-hybridized carbons (Fsp3) is 0.423. The van der Waals surface area contributed by atoms with Crippen LogP contribution >= 0.6 is 0 Å². The molecule has 1 saturated heterocycles. The normalized spacial score (nSPS) is 24.2. The van der Waals surface area contributed by atoms with E-state index >= 15 is 0 Å². The summed E-state index contributed by atoms with van der Waals surface area (Å²) in [7, 11) is 0. The zero-order valence-electron chi connectivity index (χ0n) is 19.0. The average molecular weight is 447 g/mol. The molecule has 3 aliphatic rings. The standard InChI is InChI=1S/C26H30N4O3/c1-18-10-13-26(14-11-18)24(32)30(25(33)28-26)17-23(31)27-21-8-4-2-7-20(21)16-29-15-12-19-6-3-5-9-22(19)29/h2-9,18H,10-17H2,1H3,(H,27,31)(H,28,33). The van der Waals surface area contributed by atoms with E-state index in [4.69, 9.17) is 0 Å². The van der Waals surface area contributed by atoms with E-state index in [9.17, 15) is 14.4 Å². The molecule has 0 atom stereocenters. The van der Waals surface area contributed by atoms with Crippen molar-refractivity contribution in [1.82, 2.24) is 10.2 Å². The van der Waals surface area contributed by atoms with Gasteiger partial charge in [-0.1, -0.05) is 43.3 Å². The summed E-state index contributed by atoms with van der Waals surface area (Å²) < 4.78 is 0. The summed E-state index contributed by atoms with van der Waals surface area (Å²) in [6.07, 6.45) is 4.09. The molecule has 33 heavy (non-hydrogen) atoms. The monoisotopic (exact) mass is 446 g/mol. The maximum atomic E-state index is 13.1. The van der Waals surface area contributed by atoms with Gasteiger partial charge < -0.3 is 15.5 Å². The lowest BCUT2D eigenvalue weighted by atomic mass is 9.77. The number of carbonyl (C=O) groups excluding carboxylic acids is 3. The van der Waals surface area contributed by atoms with Crippen LogP contribution in [-0.2, 0) is 22.6 Å². The van der Waals surface area contributed by atoms with Crippen LogP contribution in [0.15, 0.2) is 48.5 Å². The van der Waals surface area contributed by atoms with Crippen molar-refractivity contribution in [3.8, 4) is 0 Å². The quantitative estimate of drug-likeness (QED) is 0.687. The second-order valence-corrected chi connectivity index (χ2v) is 9.59. The Balaban J connectivity index is 1.26. The molecule has 5 rings (SSSR count). The molecule has 0 aromatic heterocycles. The topological polar surface area (TPSA) is 81.8 Å². The first-order valence-corrected chi connectivity index (χ1v) is 11.8. The van der Waals surface area contributed by atoms with E-state index in [1.54, 1.807) is 0 Å². The van der Waals surface area contributed by atoms with Gasteiger partial charge in [0.05, 0.1) is 0 Å². The molecular formula is C26H30N4O3. The number of carbonyl (C=O) groups is 3. The summed E-state index contributed by atoms with van der Waals surface area (Å²) in [5, 5.41) is 5.81. The third-order valence-electron chi connectivity index (χ3n) is 7.31. The number of hydrogen-bond donors (Lipinski definition) is 2. The Morgan fingerprint density at radius 1 is 1.09 bits per heavy atom. The number of hydrogen-bond acceptors (Lipinski definition) is 4. The first-order chi connectivity index (χ1) is 15.9. The summed E-state index contributed by atoms with van der Waals surface area (Å²) >= 11 is 0. The number of nitrogens with zero attached hydrogens (tertiary/aromatic N) is 2. The van der Waals surface area contributed by atoms with Crippen LogP contribution in [0.5, 0.6) is 0 Å². The van der Waals surface area contributed by atoms with Gasteiger partial charge in [-0.25, -0.2) is 4.79 Å². The van der Waals surface area contributed by atoms with Gasteiger partial charge in [0, 0.05) is 24.5 Å². The Hall–Kier alpha value is -3.35. The van der Waals surface area contributed by atoms with E-state index in [0.29, 0.717) is 31.0 Å². The van der Waals surface area contributed by atoms with Crippen LogP contribution in [-0.4, -0.2) is 41.4 Å². The van der Waals surface area contributed by atoms with Crippen LogP contribution in [0.4, 0.5) is 16.2 Å². The average Bonchev–Trinajstić information content (AvgIpc) is 3.32. The molecule has 1 aliphatic carbocycles. The van der Waals surface area contributed by atoms with E-state index in [0.717, 1.165) is 36.3 Å². The Labute approximate surface area is 194 Å². The molecule has 0 unspecified atom stereocenters. The highest BCUT2D eigenvalue weighted by atomic mass is 16.2. The SMILES string of the molecule is CC1CCC2(CC1)NC(=O)N(CC(=O)Nc1ccccc1CN1CCc3ccccc31)C2=O. The van der Waals surface area contributed by atoms with Crippen LogP contribution in [0.3, 0.4) is 0 Å². The summed E-state index contributed by atoms with van der Waals surface area (Å²) in [4.78, 5) is 41.9. The van der Waals surface area contributed by atoms with E-state index in [2.05, 4.69) is 40.7 Å². The molecule has 2 aliphatic heterocycles. The lowest BCUT2D eigenvalue weighted by Gasteiger charge is -2.33. The molecule has 172 valence electrons. The van der Waals surface area contributed by atoms with Gasteiger partial charge in [0.15, 0.2) is 0 Å². The van der Waals surface area contributed by atoms with Gasteiger partial charge in [-0.05, 0) is 61.3 Å². The molecule has 2 aromatic rings. The maximum Gasteiger partial charge on any atom is 0.325 e. The van der Waals surface area contributed by atoms with Crippen molar-refractivity contribution < 1.29 is 14.4 Å². The van der Waals surface area contributed by atoms with Gasteiger partial charge in [-0.15, -0.1) is 0 Å². The lowest BCUT2D eigenvalue weighted by molar-refractivity contribution is -0.135. The number of amides is 4. The molecule has 2 fully saturated rings. The fourth-order valence-corrected chi connectivity index (χ4v) is 5.30. The molecular weight excluding hydrogens is 416 g/mol. The van der Waals surface area contributed by atoms with Crippen molar-refractivity contribution in [2.45, 2.75) is 51.1 Å². The van der Waals surface area contributed by atoms with E-state index in [1.807, 2.05) is 30.3 Å². The minimum atomic E-state index is -0.828. The van der Waals surface area contributed by atoms with Crippen LogP contribution in [0.1, 0.15) is 43.7 Å².